The van der Waals surface area contributed by atoms with E-state index < -0.39 is 36.3 Å². The Hall–Kier alpha value is -0.690. The molecule has 0 amide bonds. The number of aliphatic hydroxyl groups excluding tert-OH is 3. The van der Waals surface area contributed by atoms with Crippen molar-refractivity contribution in [2.45, 2.75) is 38.3 Å². The Balaban J connectivity index is 2.62. The van der Waals surface area contributed by atoms with Crippen molar-refractivity contribution >= 4 is 5.97 Å². The first kappa shape index (κ1) is 13.4. The maximum atomic E-state index is 11.4. The monoisotopic (exact) mass is 234 g/mol. The Labute approximate surface area is 93.8 Å². The van der Waals surface area contributed by atoms with E-state index in [0.717, 1.165) is 0 Å². The van der Waals surface area contributed by atoms with Gasteiger partial charge in [-0.1, -0.05) is 0 Å². The summed E-state index contributed by atoms with van der Waals surface area (Å²) in [5.74, 6) is -1.17. The molecule has 1 heterocycles. The van der Waals surface area contributed by atoms with Gasteiger partial charge in [-0.05, 0) is 13.8 Å². The van der Waals surface area contributed by atoms with Gasteiger partial charge in [-0.15, -0.1) is 0 Å². The van der Waals surface area contributed by atoms with E-state index in [0.29, 0.717) is 0 Å². The molecule has 0 spiro atoms. The van der Waals surface area contributed by atoms with Gasteiger partial charge in [0.05, 0.1) is 25.2 Å². The van der Waals surface area contributed by atoms with Crippen LogP contribution in [-0.4, -0.2) is 58.9 Å². The topological polar surface area (TPSA) is 96.2 Å². The van der Waals surface area contributed by atoms with E-state index in [1.165, 1.54) is 0 Å². The zero-order chi connectivity index (χ0) is 12.3. The number of ether oxygens (including phenoxy) is 2. The average molecular weight is 234 g/mol. The van der Waals surface area contributed by atoms with E-state index in [1.54, 1.807) is 13.8 Å². The standard InChI is InChI=1S/C10H18O6/c1-3-15-10(14)5(2)9-8(13)7(12)6(11)4-16-9/h5-9,11-13H,3-4H2,1-2H3/t5?,6-,7+,8-,9?/m1/s1. The van der Waals surface area contributed by atoms with Crippen LogP contribution < -0.4 is 0 Å². The molecule has 0 bridgehead atoms. The van der Waals surface area contributed by atoms with E-state index >= 15 is 0 Å². The minimum atomic E-state index is -1.30. The van der Waals surface area contributed by atoms with Gasteiger partial charge >= 0.3 is 5.97 Å². The molecule has 1 aliphatic heterocycles. The highest BCUT2D eigenvalue weighted by molar-refractivity contribution is 5.72. The summed E-state index contributed by atoms with van der Waals surface area (Å²) in [6.07, 6.45) is -4.56. The number of rotatable bonds is 3. The van der Waals surface area contributed by atoms with Crippen LogP contribution in [0.3, 0.4) is 0 Å². The minimum absolute atomic E-state index is 0.105. The molecule has 2 unspecified atom stereocenters. The van der Waals surface area contributed by atoms with Crippen molar-refractivity contribution in [2.75, 3.05) is 13.2 Å². The molecule has 0 aromatic rings. The quantitative estimate of drug-likeness (QED) is 0.523. The van der Waals surface area contributed by atoms with Gasteiger partial charge in [0.25, 0.3) is 0 Å². The SMILES string of the molecule is CCOC(=O)C(C)C1OC[C@@H](O)[C@H](O)[C@H]1O. The molecule has 1 rings (SSSR count). The van der Waals surface area contributed by atoms with Gasteiger partial charge in [0.15, 0.2) is 0 Å². The van der Waals surface area contributed by atoms with Crippen molar-refractivity contribution in [3.63, 3.8) is 0 Å². The van der Waals surface area contributed by atoms with Crippen molar-refractivity contribution in [3.8, 4) is 0 Å². The Morgan fingerprint density at radius 2 is 2.06 bits per heavy atom. The average Bonchev–Trinajstić information content (AvgIpc) is 2.26. The van der Waals surface area contributed by atoms with Gasteiger partial charge in [0.2, 0.25) is 0 Å². The van der Waals surface area contributed by atoms with Gasteiger partial charge < -0.3 is 24.8 Å². The maximum absolute atomic E-state index is 11.4. The number of hydrogen-bond acceptors (Lipinski definition) is 6. The number of carbonyl (C=O) groups is 1. The molecule has 0 radical (unpaired) electrons. The molecule has 0 aromatic heterocycles. The molecule has 0 saturated carbocycles. The fraction of sp³-hybridized carbons (Fsp3) is 0.900. The summed E-state index contributed by atoms with van der Waals surface area (Å²) in [4.78, 5) is 11.4. The van der Waals surface area contributed by atoms with Crippen molar-refractivity contribution < 1.29 is 29.6 Å². The van der Waals surface area contributed by atoms with E-state index in [2.05, 4.69) is 0 Å². The van der Waals surface area contributed by atoms with Crippen LogP contribution in [-0.2, 0) is 14.3 Å². The van der Waals surface area contributed by atoms with Gasteiger partial charge in [-0.3, -0.25) is 4.79 Å². The highest BCUT2D eigenvalue weighted by Crippen LogP contribution is 2.22. The third kappa shape index (κ3) is 2.70. The van der Waals surface area contributed by atoms with E-state index in [-0.39, 0.29) is 13.2 Å². The second kappa shape index (κ2) is 5.58. The van der Waals surface area contributed by atoms with Crippen molar-refractivity contribution in [1.29, 1.82) is 0 Å². The fourth-order valence-corrected chi connectivity index (χ4v) is 1.68. The molecule has 5 atom stereocenters. The summed E-state index contributed by atoms with van der Waals surface area (Å²) in [6.45, 7) is 3.38. The van der Waals surface area contributed by atoms with E-state index in [4.69, 9.17) is 9.47 Å². The number of hydrogen-bond donors (Lipinski definition) is 3. The van der Waals surface area contributed by atoms with Crippen molar-refractivity contribution in [2.24, 2.45) is 5.92 Å². The third-order valence-electron chi connectivity index (χ3n) is 2.69. The summed E-state index contributed by atoms with van der Waals surface area (Å²) in [5.41, 5.74) is 0. The molecule has 0 aromatic carbocycles. The van der Waals surface area contributed by atoms with Crippen LogP contribution in [0.2, 0.25) is 0 Å². The first-order valence-corrected chi connectivity index (χ1v) is 5.31. The van der Waals surface area contributed by atoms with Crippen molar-refractivity contribution in [1.82, 2.24) is 0 Å². The highest BCUT2D eigenvalue weighted by Gasteiger charge is 2.42. The second-order valence-electron chi connectivity index (χ2n) is 3.89. The van der Waals surface area contributed by atoms with Crippen LogP contribution >= 0.6 is 0 Å². The molecule has 6 heteroatoms. The largest absolute Gasteiger partial charge is 0.466 e. The molecular formula is C10H18O6. The fourth-order valence-electron chi connectivity index (χ4n) is 1.68. The lowest BCUT2D eigenvalue weighted by Gasteiger charge is -2.37. The van der Waals surface area contributed by atoms with Crippen LogP contribution in [0.25, 0.3) is 0 Å². The molecule has 1 saturated heterocycles. The van der Waals surface area contributed by atoms with Gasteiger partial charge in [-0.25, -0.2) is 0 Å². The van der Waals surface area contributed by atoms with Crippen molar-refractivity contribution in [3.05, 3.63) is 0 Å². The lowest BCUT2D eigenvalue weighted by molar-refractivity contribution is -0.205. The zero-order valence-corrected chi connectivity index (χ0v) is 9.37. The van der Waals surface area contributed by atoms with E-state index in [1.807, 2.05) is 0 Å². The van der Waals surface area contributed by atoms with Crippen LogP contribution in [0.4, 0.5) is 0 Å². The molecule has 6 nitrogen and oxygen atoms in total. The Kier molecular flexibility index (Phi) is 4.67. The molecule has 94 valence electrons. The molecule has 1 fully saturated rings. The Bertz CT molecular complexity index is 243. The van der Waals surface area contributed by atoms with Crippen LogP contribution in [0.5, 0.6) is 0 Å². The minimum Gasteiger partial charge on any atom is -0.466 e. The normalized spacial score (nSPS) is 36.8. The lowest BCUT2D eigenvalue weighted by Crippen LogP contribution is -2.56. The number of esters is 1. The molecular weight excluding hydrogens is 216 g/mol. The predicted molar refractivity (Wildman–Crippen MR) is 53.6 cm³/mol. The summed E-state index contributed by atoms with van der Waals surface area (Å²) < 4.78 is 9.93. The molecule has 0 aliphatic carbocycles. The van der Waals surface area contributed by atoms with Gasteiger partial charge in [-0.2, -0.15) is 0 Å². The lowest BCUT2D eigenvalue weighted by atomic mass is 9.91. The first-order valence-electron chi connectivity index (χ1n) is 5.31. The van der Waals surface area contributed by atoms with Gasteiger partial charge in [0, 0.05) is 0 Å². The number of aliphatic hydroxyl groups is 3. The molecule has 16 heavy (non-hydrogen) atoms. The first-order chi connectivity index (χ1) is 7.49. The summed E-state index contributed by atoms with van der Waals surface area (Å²) in [6, 6.07) is 0. The highest BCUT2D eigenvalue weighted by atomic mass is 16.5. The summed E-state index contributed by atoms with van der Waals surface area (Å²) in [7, 11) is 0. The Morgan fingerprint density at radius 3 is 2.62 bits per heavy atom. The number of carbonyl (C=O) groups excluding carboxylic acids is 1. The molecule has 3 N–H and O–H groups in total. The van der Waals surface area contributed by atoms with E-state index in [9.17, 15) is 20.1 Å². The summed E-state index contributed by atoms with van der Waals surface area (Å²) in [5, 5.41) is 28.3. The maximum Gasteiger partial charge on any atom is 0.311 e. The third-order valence-corrected chi connectivity index (χ3v) is 2.69. The van der Waals surface area contributed by atoms with Crippen LogP contribution in [0.15, 0.2) is 0 Å². The van der Waals surface area contributed by atoms with Crippen LogP contribution in [0.1, 0.15) is 13.8 Å². The van der Waals surface area contributed by atoms with Crippen LogP contribution in [0, 0.1) is 5.92 Å². The predicted octanol–water partition coefficient (Wildman–Crippen LogP) is -1.33. The summed E-state index contributed by atoms with van der Waals surface area (Å²) >= 11 is 0. The smallest absolute Gasteiger partial charge is 0.311 e. The zero-order valence-electron chi connectivity index (χ0n) is 9.37. The second-order valence-corrected chi connectivity index (χ2v) is 3.89. The van der Waals surface area contributed by atoms with Gasteiger partial charge in [0.1, 0.15) is 18.3 Å². The Morgan fingerprint density at radius 1 is 1.44 bits per heavy atom. The molecule has 1 aliphatic rings.